The van der Waals surface area contributed by atoms with Gasteiger partial charge in [-0.2, -0.15) is 0 Å². The van der Waals surface area contributed by atoms with E-state index in [1.807, 2.05) is 0 Å². The molecule has 0 aromatic carbocycles. The van der Waals surface area contributed by atoms with Crippen LogP contribution in [0.2, 0.25) is 0 Å². The molecule has 16 heavy (non-hydrogen) atoms. The van der Waals surface area contributed by atoms with E-state index in [0.29, 0.717) is 10.8 Å². The Morgan fingerprint density at radius 1 is 0.812 bits per heavy atom. The van der Waals surface area contributed by atoms with Crippen LogP contribution in [0.4, 0.5) is 0 Å². The van der Waals surface area contributed by atoms with Gasteiger partial charge in [0.2, 0.25) is 0 Å². The molecular formula is C16H30. The van der Waals surface area contributed by atoms with Crippen molar-refractivity contribution in [2.24, 2.45) is 28.6 Å². The quantitative estimate of drug-likeness (QED) is 0.537. The van der Waals surface area contributed by atoms with E-state index < -0.39 is 0 Å². The Hall–Kier alpha value is 0. The highest BCUT2D eigenvalue weighted by Gasteiger charge is 2.76. The molecule has 0 amide bonds. The second kappa shape index (κ2) is 4.03. The van der Waals surface area contributed by atoms with Gasteiger partial charge in [-0.15, -0.1) is 0 Å². The van der Waals surface area contributed by atoms with Crippen LogP contribution < -0.4 is 0 Å². The molecule has 94 valence electrons. The van der Waals surface area contributed by atoms with Crippen LogP contribution in [0.3, 0.4) is 0 Å². The summed E-state index contributed by atoms with van der Waals surface area (Å²) in [6.45, 7) is 12.3. The van der Waals surface area contributed by atoms with E-state index in [4.69, 9.17) is 0 Å². The van der Waals surface area contributed by atoms with Gasteiger partial charge in [-0.05, 0) is 35.0 Å². The fourth-order valence-electron chi connectivity index (χ4n) is 4.94. The van der Waals surface area contributed by atoms with Gasteiger partial charge in [0.05, 0.1) is 0 Å². The predicted molar refractivity (Wildman–Crippen MR) is 71.4 cm³/mol. The largest absolute Gasteiger partial charge is 0.0654 e. The third-order valence-corrected chi connectivity index (χ3v) is 5.72. The van der Waals surface area contributed by atoms with E-state index in [0.717, 1.165) is 17.8 Å². The van der Waals surface area contributed by atoms with E-state index in [-0.39, 0.29) is 0 Å². The molecule has 0 aromatic heterocycles. The summed E-state index contributed by atoms with van der Waals surface area (Å²) in [5.41, 5.74) is 1.33. The van der Waals surface area contributed by atoms with Gasteiger partial charge in [-0.3, -0.25) is 0 Å². The van der Waals surface area contributed by atoms with Crippen molar-refractivity contribution in [1.29, 1.82) is 0 Å². The van der Waals surface area contributed by atoms with Crippen LogP contribution in [0.25, 0.3) is 0 Å². The Balaban J connectivity index is 1.71. The van der Waals surface area contributed by atoms with Gasteiger partial charge in [-0.25, -0.2) is 0 Å². The molecule has 0 heterocycles. The molecule has 0 nitrogen and oxygen atoms in total. The molecule has 2 fully saturated rings. The summed E-state index contributed by atoms with van der Waals surface area (Å²) in [5, 5.41) is 0. The van der Waals surface area contributed by atoms with Gasteiger partial charge in [0.1, 0.15) is 0 Å². The SMILES string of the molecule is CCCCCCCC1C2C(C1(C)C)C2(C)C. The smallest absolute Gasteiger partial charge is 0.0269 e. The zero-order valence-electron chi connectivity index (χ0n) is 12.0. The predicted octanol–water partition coefficient (Wildman–Crippen LogP) is 5.28. The molecule has 2 aliphatic rings. The van der Waals surface area contributed by atoms with Crippen LogP contribution in [-0.4, -0.2) is 0 Å². The lowest BCUT2D eigenvalue weighted by Gasteiger charge is -2.44. The zero-order valence-corrected chi connectivity index (χ0v) is 12.0. The van der Waals surface area contributed by atoms with Crippen LogP contribution in [0.1, 0.15) is 73.1 Å². The normalized spacial score (nSPS) is 37.7. The summed E-state index contributed by atoms with van der Waals surface area (Å²) in [5.74, 6) is 3.16. The van der Waals surface area contributed by atoms with Gasteiger partial charge in [0, 0.05) is 0 Å². The molecule has 0 bridgehead atoms. The fraction of sp³-hybridized carbons (Fsp3) is 1.00. The molecule has 2 saturated carbocycles. The Kier molecular flexibility index (Phi) is 3.14. The molecule has 0 N–H and O–H groups in total. The standard InChI is InChI=1S/C16H30/c1-6-7-8-9-10-11-12-13-14(15(12,2)3)16(13,4)5/h12-14H,6-11H2,1-5H3. The van der Waals surface area contributed by atoms with Gasteiger partial charge in [-0.1, -0.05) is 66.7 Å². The lowest BCUT2D eigenvalue weighted by molar-refractivity contribution is 0.0430. The maximum absolute atomic E-state index is 2.51. The summed E-state index contributed by atoms with van der Waals surface area (Å²) in [6, 6.07) is 0. The summed E-state index contributed by atoms with van der Waals surface area (Å²) < 4.78 is 0. The zero-order chi connectivity index (χ0) is 12.0. The first kappa shape index (κ1) is 12.5. The highest BCUT2D eigenvalue weighted by molar-refractivity contribution is 5.24. The molecule has 0 aromatic rings. The minimum absolute atomic E-state index is 0.652. The van der Waals surface area contributed by atoms with Crippen LogP contribution in [0, 0.1) is 28.6 Å². The molecule has 0 spiro atoms. The molecule has 2 rings (SSSR count). The van der Waals surface area contributed by atoms with E-state index in [1.165, 1.54) is 38.5 Å². The minimum Gasteiger partial charge on any atom is -0.0654 e. The Morgan fingerprint density at radius 2 is 1.44 bits per heavy atom. The Labute approximate surface area is 102 Å². The summed E-state index contributed by atoms with van der Waals surface area (Å²) in [7, 11) is 0. The molecular weight excluding hydrogens is 192 g/mol. The first-order valence-electron chi connectivity index (χ1n) is 7.44. The van der Waals surface area contributed by atoms with Crippen molar-refractivity contribution in [3.8, 4) is 0 Å². The maximum Gasteiger partial charge on any atom is -0.0269 e. The average molecular weight is 222 g/mol. The highest BCUT2D eigenvalue weighted by Crippen LogP contribution is 2.81. The maximum atomic E-state index is 2.51. The van der Waals surface area contributed by atoms with E-state index in [2.05, 4.69) is 34.6 Å². The highest BCUT2D eigenvalue weighted by atomic mass is 14.8. The third-order valence-electron chi connectivity index (χ3n) is 5.72. The van der Waals surface area contributed by atoms with Crippen LogP contribution in [0.15, 0.2) is 0 Å². The van der Waals surface area contributed by atoms with E-state index >= 15 is 0 Å². The molecule has 0 aliphatic heterocycles. The number of rotatable bonds is 6. The van der Waals surface area contributed by atoms with Crippen molar-refractivity contribution >= 4 is 0 Å². The van der Waals surface area contributed by atoms with Crippen molar-refractivity contribution in [2.75, 3.05) is 0 Å². The number of unbranched alkanes of at least 4 members (excludes halogenated alkanes) is 4. The van der Waals surface area contributed by atoms with Crippen LogP contribution in [0.5, 0.6) is 0 Å². The van der Waals surface area contributed by atoms with Crippen molar-refractivity contribution < 1.29 is 0 Å². The van der Waals surface area contributed by atoms with Gasteiger partial charge in [0.25, 0.3) is 0 Å². The first-order chi connectivity index (χ1) is 7.44. The van der Waals surface area contributed by atoms with Crippen LogP contribution >= 0.6 is 0 Å². The second-order valence-electron chi connectivity index (χ2n) is 7.46. The van der Waals surface area contributed by atoms with Crippen molar-refractivity contribution in [3.05, 3.63) is 0 Å². The Bertz CT molecular complexity index is 249. The summed E-state index contributed by atoms with van der Waals surface area (Å²) in [6.07, 6.45) is 8.71. The topological polar surface area (TPSA) is 0 Å². The van der Waals surface area contributed by atoms with E-state index in [1.54, 1.807) is 0 Å². The lowest BCUT2D eigenvalue weighted by atomic mass is 9.61. The lowest BCUT2D eigenvalue weighted by Crippen LogP contribution is -2.38. The number of hydrogen-bond acceptors (Lipinski definition) is 0. The van der Waals surface area contributed by atoms with Crippen molar-refractivity contribution in [3.63, 3.8) is 0 Å². The van der Waals surface area contributed by atoms with E-state index in [9.17, 15) is 0 Å². The van der Waals surface area contributed by atoms with Crippen molar-refractivity contribution in [1.82, 2.24) is 0 Å². The molecule has 2 aliphatic carbocycles. The molecule has 0 heteroatoms. The molecule has 3 unspecified atom stereocenters. The monoisotopic (exact) mass is 222 g/mol. The minimum atomic E-state index is 0.652. The van der Waals surface area contributed by atoms with Gasteiger partial charge < -0.3 is 0 Å². The molecule has 0 saturated heterocycles. The number of fused-ring (bicyclic) bond motifs is 1. The van der Waals surface area contributed by atoms with Crippen molar-refractivity contribution in [2.45, 2.75) is 73.1 Å². The Morgan fingerprint density at radius 3 is 1.94 bits per heavy atom. The van der Waals surface area contributed by atoms with Gasteiger partial charge >= 0.3 is 0 Å². The molecule has 3 atom stereocenters. The summed E-state index contributed by atoms with van der Waals surface area (Å²) in [4.78, 5) is 0. The second-order valence-corrected chi connectivity index (χ2v) is 7.46. The summed E-state index contributed by atoms with van der Waals surface area (Å²) >= 11 is 0. The third kappa shape index (κ3) is 1.73. The molecule has 0 radical (unpaired) electrons. The van der Waals surface area contributed by atoms with Gasteiger partial charge in [0.15, 0.2) is 0 Å². The average Bonchev–Trinajstić information content (AvgIpc) is 2.72. The fourth-order valence-corrected chi connectivity index (χ4v) is 4.94. The first-order valence-corrected chi connectivity index (χ1v) is 7.44. The number of hydrogen-bond donors (Lipinski definition) is 0. The van der Waals surface area contributed by atoms with Crippen LogP contribution in [-0.2, 0) is 0 Å².